The first-order valence-corrected chi connectivity index (χ1v) is 10.7. The van der Waals surface area contributed by atoms with Gasteiger partial charge in [-0.05, 0) is 43.7 Å². The summed E-state index contributed by atoms with van der Waals surface area (Å²) < 4.78 is 7.40. The summed E-state index contributed by atoms with van der Waals surface area (Å²) in [6.07, 6.45) is 4.39. The molecule has 0 atom stereocenters. The third-order valence-electron chi connectivity index (χ3n) is 4.83. The van der Waals surface area contributed by atoms with Crippen molar-refractivity contribution in [2.45, 2.75) is 50.6 Å². The smallest absolute Gasteiger partial charge is 0.237 e. The summed E-state index contributed by atoms with van der Waals surface area (Å²) in [4.78, 5) is 17.2. The van der Waals surface area contributed by atoms with Gasteiger partial charge < -0.3 is 4.52 Å². The van der Waals surface area contributed by atoms with Crippen LogP contribution in [0.2, 0.25) is 0 Å². The van der Waals surface area contributed by atoms with Crippen LogP contribution in [0.5, 0.6) is 0 Å². The molecule has 2 aromatic heterocycles. The maximum Gasteiger partial charge on any atom is 0.237 e. The molecule has 1 amide bonds. The van der Waals surface area contributed by atoms with Crippen LogP contribution < -0.4 is 5.32 Å². The molecular weight excluding hydrogens is 372 g/mol. The number of hydrogen-bond donors (Lipinski definition) is 1. The van der Waals surface area contributed by atoms with E-state index in [4.69, 9.17) is 9.51 Å². The number of aryl methyl sites for hydroxylation is 1. The van der Waals surface area contributed by atoms with E-state index in [1.54, 1.807) is 6.07 Å². The first-order chi connectivity index (χ1) is 13.6. The van der Waals surface area contributed by atoms with Crippen LogP contribution in [-0.4, -0.2) is 26.4 Å². The van der Waals surface area contributed by atoms with E-state index in [0.717, 1.165) is 35.1 Å². The Morgan fingerprint density at radius 3 is 2.79 bits per heavy atom. The molecule has 0 fully saturated rings. The van der Waals surface area contributed by atoms with Gasteiger partial charge in [-0.3, -0.25) is 14.7 Å². The third-order valence-corrected chi connectivity index (χ3v) is 5.77. The van der Waals surface area contributed by atoms with Gasteiger partial charge in [0.1, 0.15) is 0 Å². The second kappa shape index (κ2) is 8.22. The first-order valence-electron chi connectivity index (χ1n) is 9.67. The molecule has 0 spiro atoms. The highest BCUT2D eigenvalue weighted by Gasteiger charge is 2.22. The highest BCUT2D eigenvalue weighted by Crippen LogP contribution is 2.30. The van der Waals surface area contributed by atoms with E-state index in [0.29, 0.717) is 5.88 Å². The zero-order chi connectivity index (χ0) is 19.5. The van der Waals surface area contributed by atoms with Crippen molar-refractivity contribution in [3.63, 3.8) is 0 Å². The highest BCUT2D eigenvalue weighted by atomic mass is 32.2. The summed E-state index contributed by atoms with van der Waals surface area (Å²) in [5.74, 6) is 0.783. The zero-order valence-electron chi connectivity index (χ0n) is 16.1. The Morgan fingerprint density at radius 2 is 2.04 bits per heavy atom. The molecule has 0 saturated carbocycles. The minimum absolute atomic E-state index is 0.128. The van der Waals surface area contributed by atoms with Crippen molar-refractivity contribution in [3.05, 3.63) is 53.5 Å². The summed E-state index contributed by atoms with van der Waals surface area (Å²) >= 11 is 1.45. The summed E-state index contributed by atoms with van der Waals surface area (Å²) in [5, 5.41) is 7.62. The van der Waals surface area contributed by atoms with Gasteiger partial charge in [0.05, 0.1) is 17.1 Å². The van der Waals surface area contributed by atoms with Crippen LogP contribution in [-0.2, 0) is 17.6 Å². The molecule has 6 nitrogen and oxygen atoms in total. The molecular formula is C21H24N4O2S. The lowest BCUT2D eigenvalue weighted by molar-refractivity contribution is -0.113. The van der Waals surface area contributed by atoms with E-state index in [1.807, 2.05) is 32.0 Å². The third kappa shape index (κ3) is 3.99. The quantitative estimate of drug-likeness (QED) is 0.617. The zero-order valence-corrected chi connectivity index (χ0v) is 17.0. The molecule has 7 heteroatoms. The molecule has 0 unspecified atom stereocenters. The van der Waals surface area contributed by atoms with E-state index >= 15 is 0 Å². The normalized spacial score (nSPS) is 13.5. The standard InChI is InChI=1S/C21H24N4O2S/c1-14(2)17-12-20(27-24-17)23-19(26)13-28-21-22-16-10-6-7-11-18(16)25(21)15-8-4-3-5-9-15/h3-5,8-9,12,14H,6-7,10-11,13H2,1-2H3,(H,23,26). The van der Waals surface area contributed by atoms with Gasteiger partial charge in [-0.25, -0.2) is 4.98 Å². The fourth-order valence-corrected chi connectivity index (χ4v) is 4.23. The van der Waals surface area contributed by atoms with E-state index in [-0.39, 0.29) is 17.6 Å². The van der Waals surface area contributed by atoms with Gasteiger partial charge in [-0.15, -0.1) is 0 Å². The van der Waals surface area contributed by atoms with Gasteiger partial charge in [0.15, 0.2) is 5.16 Å². The fourth-order valence-electron chi connectivity index (χ4n) is 3.38. The number of hydrogen-bond acceptors (Lipinski definition) is 5. The number of rotatable bonds is 6. The van der Waals surface area contributed by atoms with Gasteiger partial charge in [0, 0.05) is 17.4 Å². The monoisotopic (exact) mass is 396 g/mol. The molecule has 28 heavy (non-hydrogen) atoms. The molecule has 146 valence electrons. The number of anilines is 1. The maximum atomic E-state index is 12.4. The summed E-state index contributed by atoms with van der Waals surface area (Å²) in [6.45, 7) is 4.06. The molecule has 1 aliphatic carbocycles. The minimum Gasteiger partial charge on any atom is -0.338 e. The van der Waals surface area contributed by atoms with Crippen molar-refractivity contribution in [2.75, 3.05) is 11.1 Å². The number of aromatic nitrogens is 3. The average molecular weight is 397 g/mol. The molecule has 2 heterocycles. The van der Waals surface area contributed by atoms with Crippen LogP contribution in [0, 0.1) is 0 Å². The van der Waals surface area contributed by atoms with Crippen molar-refractivity contribution in [2.24, 2.45) is 0 Å². The predicted molar refractivity (Wildman–Crippen MR) is 110 cm³/mol. The maximum absolute atomic E-state index is 12.4. The minimum atomic E-state index is -0.128. The molecule has 1 N–H and O–H groups in total. The Bertz CT molecular complexity index is 962. The SMILES string of the molecule is CC(C)c1cc(NC(=O)CSc2nc3c(n2-c2ccccc2)CCCC3)on1. The number of imidazole rings is 1. The van der Waals surface area contributed by atoms with Gasteiger partial charge >= 0.3 is 0 Å². The number of amides is 1. The molecule has 0 bridgehead atoms. The second-order valence-electron chi connectivity index (χ2n) is 7.27. The summed E-state index contributed by atoms with van der Waals surface area (Å²) in [6, 6.07) is 12.0. The van der Waals surface area contributed by atoms with Crippen LogP contribution in [0.25, 0.3) is 5.69 Å². The van der Waals surface area contributed by atoms with Crippen LogP contribution in [0.3, 0.4) is 0 Å². The molecule has 1 aromatic carbocycles. The first kappa shape index (κ1) is 18.8. The van der Waals surface area contributed by atoms with Crippen molar-refractivity contribution < 1.29 is 9.32 Å². The van der Waals surface area contributed by atoms with Crippen molar-refractivity contribution in [3.8, 4) is 5.69 Å². The second-order valence-corrected chi connectivity index (χ2v) is 8.22. The lowest BCUT2D eigenvalue weighted by Gasteiger charge is -2.15. The lowest BCUT2D eigenvalue weighted by atomic mass is 10.0. The molecule has 0 saturated heterocycles. The van der Waals surface area contributed by atoms with Crippen molar-refractivity contribution >= 4 is 23.6 Å². The molecule has 0 aliphatic heterocycles. The van der Waals surface area contributed by atoms with Gasteiger partial charge in [-0.2, -0.15) is 0 Å². The highest BCUT2D eigenvalue weighted by molar-refractivity contribution is 7.99. The number of carbonyl (C=O) groups is 1. The molecule has 0 radical (unpaired) electrons. The Hall–Kier alpha value is -2.54. The predicted octanol–water partition coefficient (Wildman–Crippen LogP) is 4.59. The lowest BCUT2D eigenvalue weighted by Crippen LogP contribution is -2.14. The van der Waals surface area contributed by atoms with Crippen LogP contribution >= 0.6 is 11.8 Å². The average Bonchev–Trinajstić information content (AvgIpc) is 3.31. The van der Waals surface area contributed by atoms with E-state index in [1.165, 1.54) is 30.3 Å². The summed E-state index contributed by atoms with van der Waals surface area (Å²) in [7, 11) is 0. The number of thioether (sulfide) groups is 1. The Kier molecular flexibility index (Phi) is 5.52. The Morgan fingerprint density at radius 1 is 1.25 bits per heavy atom. The molecule has 1 aliphatic rings. The molecule has 3 aromatic rings. The number of carbonyl (C=O) groups excluding carboxylic acids is 1. The molecule has 4 rings (SSSR count). The van der Waals surface area contributed by atoms with E-state index < -0.39 is 0 Å². The number of nitrogens with zero attached hydrogens (tertiary/aromatic N) is 3. The van der Waals surface area contributed by atoms with E-state index in [9.17, 15) is 4.79 Å². The largest absolute Gasteiger partial charge is 0.338 e. The van der Waals surface area contributed by atoms with Crippen LogP contribution in [0.15, 0.2) is 46.1 Å². The summed E-state index contributed by atoms with van der Waals surface area (Å²) in [5.41, 5.74) is 4.36. The number of fused-ring (bicyclic) bond motifs is 1. The number of benzene rings is 1. The van der Waals surface area contributed by atoms with Crippen molar-refractivity contribution in [1.82, 2.24) is 14.7 Å². The Labute approximate surface area is 168 Å². The van der Waals surface area contributed by atoms with Gasteiger partial charge in [-0.1, -0.05) is 49.0 Å². The topological polar surface area (TPSA) is 73.0 Å². The van der Waals surface area contributed by atoms with Gasteiger partial charge in [0.25, 0.3) is 0 Å². The van der Waals surface area contributed by atoms with Crippen molar-refractivity contribution in [1.29, 1.82) is 0 Å². The Balaban J connectivity index is 1.50. The number of para-hydroxylation sites is 1. The van der Waals surface area contributed by atoms with Gasteiger partial charge in [0.2, 0.25) is 11.8 Å². The fraction of sp³-hybridized carbons (Fsp3) is 0.381. The number of nitrogens with one attached hydrogen (secondary N) is 1. The van der Waals surface area contributed by atoms with E-state index in [2.05, 4.69) is 27.2 Å². The van der Waals surface area contributed by atoms with Crippen LogP contribution in [0.4, 0.5) is 5.88 Å². The van der Waals surface area contributed by atoms with Crippen LogP contribution in [0.1, 0.15) is 49.7 Å².